The normalized spacial score (nSPS) is 18.8. The van der Waals surface area contributed by atoms with Gasteiger partial charge in [0.25, 0.3) is 0 Å². The zero-order valence-electron chi connectivity index (χ0n) is 16.1. The van der Waals surface area contributed by atoms with Crippen molar-refractivity contribution in [1.82, 2.24) is 4.90 Å². The van der Waals surface area contributed by atoms with Gasteiger partial charge in [-0.1, -0.05) is 6.07 Å². The zero-order chi connectivity index (χ0) is 19.5. The fourth-order valence-electron chi connectivity index (χ4n) is 3.87. The number of ether oxygens (including phenoxy) is 2. The van der Waals surface area contributed by atoms with Gasteiger partial charge in [0.2, 0.25) is 5.91 Å². The standard InChI is InChI=1S/C22H25NO4S/c1-15-5-9-21(28-15)18(24)7-10-22(25)23-11-2-4-17(23)16-6-8-19-20(14-16)27-13-3-12-26-19/h5-6,8-9,14,17H,2-4,7,10-13H2,1H3/t17-/m0/s1. The lowest BCUT2D eigenvalue weighted by Crippen LogP contribution is -2.30. The maximum atomic E-state index is 12.8. The molecule has 1 aromatic heterocycles. The highest BCUT2D eigenvalue weighted by molar-refractivity contribution is 7.14. The minimum absolute atomic E-state index is 0.0451. The molecule has 2 aliphatic heterocycles. The second-order valence-corrected chi connectivity index (χ2v) is 8.62. The predicted molar refractivity (Wildman–Crippen MR) is 108 cm³/mol. The number of likely N-dealkylation sites (tertiary alicyclic amines) is 1. The lowest BCUT2D eigenvalue weighted by Gasteiger charge is -2.25. The van der Waals surface area contributed by atoms with Crippen LogP contribution in [0.4, 0.5) is 0 Å². The second kappa shape index (κ2) is 8.35. The number of ketones is 1. The fourth-order valence-corrected chi connectivity index (χ4v) is 4.71. The van der Waals surface area contributed by atoms with Crippen LogP contribution in [0.5, 0.6) is 11.5 Å². The summed E-state index contributed by atoms with van der Waals surface area (Å²) in [6.45, 7) is 4.03. The summed E-state index contributed by atoms with van der Waals surface area (Å²) in [5.74, 6) is 1.64. The van der Waals surface area contributed by atoms with Crippen LogP contribution in [0.2, 0.25) is 0 Å². The number of rotatable bonds is 5. The molecule has 2 aliphatic rings. The van der Waals surface area contributed by atoms with Gasteiger partial charge >= 0.3 is 0 Å². The lowest BCUT2D eigenvalue weighted by atomic mass is 10.0. The minimum Gasteiger partial charge on any atom is -0.490 e. The quantitative estimate of drug-likeness (QED) is 0.693. The number of carbonyl (C=O) groups excluding carboxylic acids is 2. The molecule has 0 bridgehead atoms. The molecule has 1 amide bonds. The van der Waals surface area contributed by atoms with Gasteiger partial charge in [0.05, 0.1) is 24.1 Å². The second-order valence-electron chi connectivity index (χ2n) is 7.34. The average Bonchev–Trinajstić information content (AvgIpc) is 3.29. The molecule has 6 heteroatoms. The number of nitrogens with zero attached hydrogens (tertiary/aromatic N) is 1. The Kier molecular flexibility index (Phi) is 5.67. The first-order valence-electron chi connectivity index (χ1n) is 9.90. The molecule has 0 aliphatic carbocycles. The van der Waals surface area contributed by atoms with Crippen molar-refractivity contribution in [1.29, 1.82) is 0 Å². The van der Waals surface area contributed by atoms with Crippen molar-refractivity contribution in [3.63, 3.8) is 0 Å². The van der Waals surface area contributed by atoms with E-state index in [-0.39, 0.29) is 30.6 Å². The maximum Gasteiger partial charge on any atom is 0.223 e. The van der Waals surface area contributed by atoms with E-state index in [0.717, 1.165) is 52.6 Å². The molecule has 3 heterocycles. The lowest BCUT2D eigenvalue weighted by molar-refractivity contribution is -0.132. The van der Waals surface area contributed by atoms with Crippen molar-refractivity contribution in [2.24, 2.45) is 0 Å². The van der Waals surface area contributed by atoms with E-state index in [1.54, 1.807) is 0 Å². The zero-order valence-corrected chi connectivity index (χ0v) is 16.9. The molecule has 1 aromatic carbocycles. The highest BCUT2D eigenvalue weighted by Gasteiger charge is 2.30. The molecule has 2 aromatic rings. The highest BCUT2D eigenvalue weighted by atomic mass is 32.1. The third kappa shape index (κ3) is 4.07. The van der Waals surface area contributed by atoms with Crippen LogP contribution in [-0.4, -0.2) is 36.3 Å². The van der Waals surface area contributed by atoms with Gasteiger partial charge in [0, 0.05) is 30.7 Å². The molecule has 1 fully saturated rings. The Morgan fingerprint density at radius 2 is 1.89 bits per heavy atom. The van der Waals surface area contributed by atoms with E-state index in [0.29, 0.717) is 13.2 Å². The van der Waals surface area contributed by atoms with E-state index < -0.39 is 0 Å². The monoisotopic (exact) mass is 399 g/mol. The Morgan fingerprint density at radius 3 is 2.68 bits per heavy atom. The van der Waals surface area contributed by atoms with Gasteiger partial charge in [-0.15, -0.1) is 11.3 Å². The molecule has 0 radical (unpaired) electrons. The largest absolute Gasteiger partial charge is 0.490 e. The molecule has 28 heavy (non-hydrogen) atoms. The van der Waals surface area contributed by atoms with Gasteiger partial charge in [-0.25, -0.2) is 0 Å². The highest BCUT2D eigenvalue weighted by Crippen LogP contribution is 2.38. The van der Waals surface area contributed by atoms with Crippen LogP contribution in [0.25, 0.3) is 0 Å². The molecular weight excluding hydrogens is 374 g/mol. The Morgan fingerprint density at radius 1 is 1.07 bits per heavy atom. The summed E-state index contributed by atoms with van der Waals surface area (Å²) in [5.41, 5.74) is 1.08. The maximum absolute atomic E-state index is 12.8. The van der Waals surface area contributed by atoms with Crippen molar-refractivity contribution in [3.05, 3.63) is 45.6 Å². The minimum atomic E-state index is 0.0451. The smallest absolute Gasteiger partial charge is 0.223 e. The van der Waals surface area contributed by atoms with Crippen LogP contribution in [0.1, 0.15) is 58.3 Å². The van der Waals surface area contributed by atoms with Crippen molar-refractivity contribution in [3.8, 4) is 11.5 Å². The number of thiophene rings is 1. The first kappa shape index (κ1) is 19.0. The van der Waals surface area contributed by atoms with Crippen molar-refractivity contribution >= 4 is 23.0 Å². The molecule has 148 valence electrons. The van der Waals surface area contributed by atoms with Crippen LogP contribution in [0.15, 0.2) is 30.3 Å². The van der Waals surface area contributed by atoms with Crippen LogP contribution in [-0.2, 0) is 4.79 Å². The van der Waals surface area contributed by atoms with Crippen LogP contribution in [0.3, 0.4) is 0 Å². The van der Waals surface area contributed by atoms with Gasteiger partial charge in [0.1, 0.15) is 0 Å². The number of hydrogen-bond acceptors (Lipinski definition) is 5. The topological polar surface area (TPSA) is 55.8 Å². The van der Waals surface area contributed by atoms with E-state index in [2.05, 4.69) is 0 Å². The molecule has 1 saturated heterocycles. The van der Waals surface area contributed by atoms with Crippen LogP contribution in [0, 0.1) is 6.92 Å². The molecule has 0 unspecified atom stereocenters. The fraction of sp³-hybridized carbons (Fsp3) is 0.455. The summed E-state index contributed by atoms with van der Waals surface area (Å²) in [5, 5.41) is 0. The summed E-state index contributed by atoms with van der Waals surface area (Å²) < 4.78 is 11.5. The molecule has 1 atom stereocenters. The van der Waals surface area contributed by atoms with Gasteiger partial charge < -0.3 is 14.4 Å². The van der Waals surface area contributed by atoms with Gasteiger partial charge in [-0.05, 0) is 49.6 Å². The molecule has 0 N–H and O–H groups in total. The number of fused-ring (bicyclic) bond motifs is 1. The Labute approximate surface area is 169 Å². The predicted octanol–water partition coefficient (Wildman–Crippen LogP) is 4.54. The molecule has 0 saturated carbocycles. The van der Waals surface area contributed by atoms with E-state index in [9.17, 15) is 9.59 Å². The first-order valence-corrected chi connectivity index (χ1v) is 10.7. The number of carbonyl (C=O) groups is 2. The average molecular weight is 400 g/mol. The Bertz CT molecular complexity index is 875. The number of amides is 1. The Hall–Kier alpha value is -2.34. The summed E-state index contributed by atoms with van der Waals surface area (Å²) in [4.78, 5) is 28.9. The molecule has 4 rings (SSSR count). The van der Waals surface area contributed by atoms with E-state index >= 15 is 0 Å². The number of hydrogen-bond donors (Lipinski definition) is 0. The molecule has 5 nitrogen and oxygen atoms in total. The van der Waals surface area contributed by atoms with Gasteiger partial charge in [0.15, 0.2) is 17.3 Å². The van der Waals surface area contributed by atoms with Crippen LogP contribution >= 0.6 is 11.3 Å². The first-order chi connectivity index (χ1) is 13.6. The molecular formula is C22H25NO4S. The van der Waals surface area contributed by atoms with Gasteiger partial charge in [-0.3, -0.25) is 9.59 Å². The summed E-state index contributed by atoms with van der Waals surface area (Å²) in [7, 11) is 0. The van der Waals surface area contributed by atoms with E-state index in [1.165, 1.54) is 11.3 Å². The van der Waals surface area contributed by atoms with Crippen LogP contribution < -0.4 is 9.47 Å². The summed E-state index contributed by atoms with van der Waals surface area (Å²) >= 11 is 1.49. The van der Waals surface area contributed by atoms with Crippen molar-refractivity contribution in [2.45, 2.75) is 45.1 Å². The number of Topliss-reactive ketones (excluding diaryl/α,β-unsaturated/α-hetero) is 1. The molecule has 0 spiro atoms. The summed E-state index contributed by atoms with van der Waals surface area (Å²) in [6.07, 6.45) is 3.31. The Balaban J connectivity index is 1.42. The number of benzene rings is 1. The van der Waals surface area contributed by atoms with Crippen molar-refractivity contribution in [2.75, 3.05) is 19.8 Å². The van der Waals surface area contributed by atoms with E-state index in [1.807, 2.05) is 42.2 Å². The SMILES string of the molecule is Cc1ccc(C(=O)CCC(=O)N2CCC[C@H]2c2ccc3c(c2)OCCCO3)s1. The van der Waals surface area contributed by atoms with Crippen molar-refractivity contribution < 1.29 is 19.1 Å². The van der Waals surface area contributed by atoms with E-state index in [4.69, 9.17) is 9.47 Å². The summed E-state index contributed by atoms with van der Waals surface area (Å²) in [6, 6.07) is 9.83. The third-order valence-corrected chi connectivity index (χ3v) is 6.35. The van der Waals surface area contributed by atoms with Gasteiger partial charge in [-0.2, -0.15) is 0 Å². The number of aryl methyl sites for hydroxylation is 1. The third-order valence-electron chi connectivity index (χ3n) is 5.31.